The van der Waals surface area contributed by atoms with Crippen LogP contribution in [-0.4, -0.2) is 22.6 Å². The summed E-state index contributed by atoms with van der Waals surface area (Å²) in [5.41, 5.74) is 5.74. The van der Waals surface area contributed by atoms with Gasteiger partial charge in [-0.3, -0.25) is 4.79 Å². The molecule has 1 aromatic heterocycles. The lowest BCUT2D eigenvalue weighted by molar-refractivity contribution is 0.414. The van der Waals surface area contributed by atoms with Crippen LogP contribution in [0.2, 0.25) is 0 Å². The van der Waals surface area contributed by atoms with Crippen molar-refractivity contribution in [2.24, 2.45) is 17.6 Å². The molecule has 2 rings (SSSR count). The maximum atomic E-state index is 12.2. The van der Waals surface area contributed by atoms with Crippen molar-refractivity contribution >= 4 is 5.82 Å². The zero-order chi connectivity index (χ0) is 13.8. The highest BCUT2D eigenvalue weighted by molar-refractivity contribution is 5.31. The van der Waals surface area contributed by atoms with E-state index in [0.29, 0.717) is 17.7 Å². The highest BCUT2D eigenvalue weighted by Crippen LogP contribution is 2.30. The first-order valence-corrected chi connectivity index (χ1v) is 7.14. The number of hydrogen-bond donors (Lipinski definition) is 2. The zero-order valence-corrected chi connectivity index (χ0v) is 11.8. The third kappa shape index (κ3) is 3.15. The highest BCUT2D eigenvalue weighted by atomic mass is 16.1. The molecule has 2 atom stereocenters. The van der Waals surface area contributed by atoms with Crippen molar-refractivity contribution in [3.63, 3.8) is 0 Å². The van der Waals surface area contributed by atoms with Gasteiger partial charge in [-0.25, -0.2) is 4.98 Å². The lowest BCUT2D eigenvalue weighted by Crippen LogP contribution is -2.29. The van der Waals surface area contributed by atoms with Gasteiger partial charge in [-0.15, -0.1) is 0 Å². The van der Waals surface area contributed by atoms with Crippen molar-refractivity contribution in [2.45, 2.75) is 39.2 Å². The fourth-order valence-electron chi connectivity index (χ4n) is 2.87. The van der Waals surface area contributed by atoms with E-state index in [1.54, 1.807) is 17.0 Å². The lowest BCUT2D eigenvalue weighted by atomic mass is 9.96. The molecule has 0 aromatic carbocycles. The van der Waals surface area contributed by atoms with Crippen molar-refractivity contribution in [3.8, 4) is 0 Å². The van der Waals surface area contributed by atoms with Crippen LogP contribution in [0.25, 0.3) is 0 Å². The summed E-state index contributed by atoms with van der Waals surface area (Å²) in [5.74, 6) is 1.61. The van der Waals surface area contributed by atoms with E-state index in [4.69, 9.17) is 5.73 Å². The number of rotatable bonds is 5. The fourth-order valence-corrected chi connectivity index (χ4v) is 2.87. The minimum atomic E-state index is -0.0419. The topological polar surface area (TPSA) is 72.9 Å². The van der Waals surface area contributed by atoms with Crippen LogP contribution in [0.15, 0.2) is 17.2 Å². The van der Waals surface area contributed by atoms with Crippen LogP contribution in [0.4, 0.5) is 5.82 Å². The molecule has 0 spiro atoms. The Hall–Kier alpha value is -1.36. The van der Waals surface area contributed by atoms with Crippen molar-refractivity contribution < 1.29 is 0 Å². The van der Waals surface area contributed by atoms with E-state index in [1.807, 2.05) is 13.8 Å². The SMILES string of the molecule is CC(C)n1ccnc(NCC2CCCC2CN)c1=O. The summed E-state index contributed by atoms with van der Waals surface area (Å²) < 4.78 is 1.70. The maximum absolute atomic E-state index is 12.2. The van der Waals surface area contributed by atoms with E-state index >= 15 is 0 Å². The summed E-state index contributed by atoms with van der Waals surface area (Å²) in [5, 5.41) is 3.21. The second-order valence-electron chi connectivity index (χ2n) is 5.65. The number of nitrogens with zero attached hydrogens (tertiary/aromatic N) is 2. The van der Waals surface area contributed by atoms with E-state index in [0.717, 1.165) is 13.1 Å². The summed E-state index contributed by atoms with van der Waals surface area (Å²) in [7, 11) is 0. The molecule has 0 amide bonds. The minimum Gasteiger partial charge on any atom is -0.365 e. The molecule has 0 aliphatic heterocycles. The molecule has 19 heavy (non-hydrogen) atoms. The van der Waals surface area contributed by atoms with Gasteiger partial charge in [0.1, 0.15) is 0 Å². The average molecular weight is 264 g/mol. The molecule has 2 unspecified atom stereocenters. The first-order chi connectivity index (χ1) is 9.13. The molecule has 0 radical (unpaired) electrons. The van der Waals surface area contributed by atoms with Gasteiger partial charge >= 0.3 is 0 Å². The van der Waals surface area contributed by atoms with Crippen molar-refractivity contribution in [1.82, 2.24) is 9.55 Å². The predicted molar refractivity (Wildman–Crippen MR) is 77.3 cm³/mol. The molecule has 1 heterocycles. The molecule has 1 aliphatic rings. The van der Waals surface area contributed by atoms with Crippen molar-refractivity contribution in [2.75, 3.05) is 18.4 Å². The molecule has 0 saturated heterocycles. The van der Waals surface area contributed by atoms with Crippen LogP contribution in [-0.2, 0) is 0 Å². The number of nitrogens with one attached hydrogen (secondary N) is 1. The van der Waals surface area contributed by atoms with Crippen LogP contribution in [0, 0.1) is 11.8 Å². The van der Waals surface area contributed by atoms with E-state index in [1.165, 1.54) is 19.3 Å². The van der Waals surface area contributed by atoms with Gasteiger partial charge in [-0.05, 0) is 45.1 Å². The van der Waals surface area contributed by atoms with Crippen LogP contribution >= 0.6 is 0 Å². The van der Waals surface area contributed by atoms with Crippen molar-refractivity contribution in [3.05, 3.63) is 22.7 Å². The van der Waals surface area contributed by atoms with Gasteiger partial charge in [0.25, 0.3) is 5.56 Å². The summed E-state index contributed by atoms with van der Waals surface area (Å²) in [4.78, 5) is 16.3. The molecule has 1 aliphatic carbocycles. The monoisotopic (exact) mass is 264 g/mol. The molecule has 5 nitrogen and oxygen atoms in total. The number of nitrogens with two attached hydrogens (primary N) is 1. The van der Waals surface area contributed by atoms with Gasteiger partial charge < -0.3 is 15.6 Å². The quantitative estimate of drug-likeness (QED) is 0.847. The summed E-state index contributed by atoms with van der Waals surface area (Å²) in [6.07, 6.45) is 7.06. The van der Waals surface area contributed by atoms with Crippen LogP contribution in [0.3, 0.4) is 0 Å². The molecule has 1 aromatic rings. The van der Waals surface area contributed by atoms with Gasteiger partial charge in [0, 0.05) is 25.0 Å². The maximum Gasteiger partial charge on any atom is 0.293 e. The zero-order valence-electron chi connectivity index (χ0n) is 11.8. The van der Waals surface area contributed by atoms with Crippen LogP contribution in [0.1, 0.15) is 39.2 Å². The Morgan fingerprint density at radius 1 is 1.47 bits per heavy atom. The molecule has 106 valence electrons. The van der Waals surface area contributed by atoms with Gasteiger partial charge in [-0.2, -0.15) is 0 Å². The Morgan fingerprint density at radius 3 is 2.89 bits per heavy atom. The molecular formula is C14H24N4O. The Kier molecular flexibility index (Phi) is 4.58. The van der Waals surface area contributed by atoms with Gasteiger partial charge in [-0.1, -0.05) is 6.42 Å². The van der Waals surface area contributed by atoms with Gasteiger partial charge in [0.15, 0.2) is 5.82 Å². The van der Waals surface area contributed by atoms with E-state index < -0.39 is 0 Å². The Morgan fingerprint density at radius 2 is 2.21 bits per heavy atom. The predicted octanol–water partition coefficient (Wildman–Crippen LogP) is 1.61. The number of hydrogen-bond acceptors (Lipinski definition) is 4. The first kappa shape index (κ1) is 14.1. The third-order valence-electron chi connectivity index (χ3n) is 4.08. The molecule has 3 N–H and O–H groups in total. The van der Waals surface area contributed by atoms with E-state index in [-0.39, 0.29) is 11.6 Å². The minimum absolute atomic E-state index is 0.0419. The summed E-state index contributed by atoms with van der Waals surface area (Å²) >= 11 is 0. The number of anilines is 1. The molecule has 1 fully saturated rings. The largest absolute Gasteiger partial charge is 0.365 e. The second-order valence-corrected chi connectivity index (χ2v) is 5.65. The summed E-state index contributed by atoms with van der Waals surface area (Å²) in [6.45, 7) is 5.52. The van der Waals surface area contributed by atoms with E-state index in [9.17, 15) is 4.79 Å². The van der Waals surface area contributed by atoms with Gasteiger partial charge in [0.2, 0.25) is 0 Å². The Labute approximate surface area is 114 Å². The normalized spacial score (nSPS) is 22.9. The fraction of sp³-hybridized carbons (Fsp3) is 0.714. The average Bonchev–Trinajstić information content (AvgIpc) is 2.84. The number of aromatic nitrogens is 2. The smallest absolute Gasteiger partial charge is 0.293 e. The third-order valence-corrected chi connectivity index (χ3v) is 4.08. The lowest BCUT2D eigenvalue weighted by Gasteiger charge is -2.19. The van der Waals surface area contributed by atoms with Crippen molar-refractivity contribution in [1.29, 1.82) is 0 Å². The standard InChI is InChI=1S/C14H24N4O/c1-10(2)18-7-6-16-13(14(18)19)17-9-12-5-3-4-11(12)8-15/h6-7,10-12H,3-5,8-9,15H2,1-2H3,(H,16,17). The second kappa shape index (κ2) is 6.19. The highest BCUT2D eigenvalue weighted by Gasteiger charge is 2.26. The Balaban J connectivity index is 2.04. The molecule has 5 heteroatoms. The molecule has 0 bridgehead atoms. The van der Waals surface area contributed by atoms with Gasteiger partial charge in [0.05, 0.1) is 0 Å². The summed E-state index contributed by atoms with van der Waals surface area (Å²) in [6, 6.07) is 0.152. The molecular weight excluding hydrogens is 240 g/mol. The Bertz CT molecular complexity index is 469. The van der Waals surface area contributed by atoms with E-state index in [2.05, 4.69) is 10.3 Å². The molecule has 1 saturated carbocycles. The first-order valence-electron chi connectivity index (χ1n) is 7.14. The van der Waals surface area contributed by atoms with Crippen LogP contribution < -0.4 is 16.6 Å². The van der Waals surface area contributed by atoms with Crippen LogP contribution in [0.5, 0.6) is 0 Å².